The quantitative estimate of drug-likeness (QED) is 0.464. The molecule has 1 heterocycles. The first kappa shape index (κ1) is 21.5. The van der Waals surface area contributed by atoms with Crippen molar-refractivity contribution in [2.24, 2.45) is 11.8 Å². The Labute approximate surface area is 183 Å². The Balaban J connectivity index is 1.33. The second-order valence-electron chi connectivity index (χ2n) is 9.95. The number of nitrogens with zero attached hydrogens (tertiary/aromatic N) is 2. The van der Waals surface area contributed by atoms with E-state index in [9.17, 15) is 0 Å². The Morgan fingerprint density at radius 1 is 0.700 bits per heavy atom. The minimum absolute atomic E-state index is 0.615. The van der Waals surface area contributed by atoms with Crippen molar-refractivity contribution in [3.8, 4) is 11.3 Å². The molecule has 0 aliphatic heterocycles. The topological polar surface area (TPSA) is 25.8 Å². The van der Waals surface area contributed by atoms with Gasteiger partial charge in [-0.25, -0.2) is 0 Å². The van der Waals surface area contributed by atoms with Crippen LogP contribution in [0.25, 0.3) is 11.3 Å². The number of rotatable bonds is 7. The summed E-state index contributed by atoms with van der Waals surface area (Å²) in [5.74, 6) is 3.28. The van der Waals surface area contributed by atoms with Crippen LogP contribution in [0.1, 0.15) is 114 Å². The monoisotopic (exact) mass is 404 g/mol. The van der Waals surface area contributed by atoms with Crippen LogP contribution in [0.5, 0.6) is 0 Å². The molecule has 4 rings (SSSR count). The van der Waals surface area contributed by atoms with E-state index in [4.69, 9.17) is 0 Å². The third-order valence-corrected chi connectivity index (χ3v) is 8.02. The number of unbranched alkanes of at least 4 members (excludes halogenated alkanes) is 1. The molecule has 0 amide bonds. The van der Waals surface area contributed by atoms with Gasteiger partial charge in [0.15, 0.2) is 0 Å². The van der Waals surface area contributed by atoms with Crippen molar-refractivity contribution in [3.05, 3.63) is 47.7 Å². The van der Waals surface area contributed by atoms with E-state index < -0.39 is 0 Å². The molecular formula is C28H40N2. The lowest BCUT2D eigenvalue weighted by atomic mass is 9.77. The zero-order valence-electron chi connectivity index (χ0n) is 19.2. The Hall–Kier alpha value is -1.70. The molecule has 162 valence electrons. The Kier molecular flexibility index (Phi) is 7.57. The first-order chi connectivity index (χ1) is 14.8. The normalized spacial score (nSPS) is 27.1. The van der Waals surface area contributed by atoms with Crippen LogP contribution in [0.4, 0.5) is 0 Å². The second-order valence-corrected chi connectivity index (χ2v) is 9.95. The lowest BCUT2D eigenvalue weighted by Crippen LogP contribution is -2.14. The maximum absolute atomic E-state index is 4.62. The van der Waals surface area contributed by atoms with E-state index in [2.05, 4.69) is 60.4 Å². The van der Waals surface area contributed by atoms with Gasteiger partial charge in [-0.05, 0) is 86.8 Å². The summed E-state index contributed by atoms with van der Waals surface area (Å²) in [6, 6.07) is 13.6. The zero-order valence-corrected chi connectivity index (χ0v) is 19.2. The van der Waals surface area contributed by atoms with Crippen LogP contribution in [0.15, 0.2) is 36.4 Å². The van der Waals surface area contributed by atoms with Crippen LogP contribution in [0.2, 0.25) is 0 Å². The van der Waals surface area contributed by atoms with E-state index in [1.807, 2.05) is 0 Å². The van der Waals surface area contributed by atoms with Crippen LogP contribution in [-0.4, -0.2) is 10.2 Å². The highest BCUT2D eigenvalue weighted by Crippen LogP contribution is 2.38. The average molecular weight is 405 g/mol. The van der Waals surface area contributed by atoms with Crippen LogP contribution in [0, 0.1) is 11.8 Å². The van der Waals surface area contributed by atoms with Crippen molar-refractivity contribution < 1.29 is 0 Å². The van der Waals surface area contributed by atoms with Crippen molar-refractivity contribution in [2.45, 2.75) is 103 Å². The summed E-state index contributed by atoms with van der Waals surface area (Å²) in [4.78, 5) is 0. The van der Waals surface area contributed by atoms with E-state index in [0.717, 1.165) is 23.4 Å². The van der Waals surface area contributed by atoms with Crippen molar-refractivity contribution in [2.75, 3.05) is 0 Å². The molecule has 2 aliphatic rings. The molecule has 2 saturated carbocycles. The summed E-state index contributed by atoms with van der Waals surface area (Å²) >= 11 is 0. The zero-order chi connectivity index (χ0) is 20.8. The third kappa shape index (κ3) is 5.31. The number of aromatic nitrogens is 2. The van der Waals surface area contributed by atoms with Gasteiger partial charge in [0.1, 0.15) is 0 Å². The Morgan fingerprint density at radius 2 is 1.37 bits per heavy atom. The van der Waals surface area contributed by atoms with Gasteiger partial charge in [-0.15, -0.1) is 0 Å². The first-order valence-electron chi connectivity index (χ1n) is 12.7. The molecule has 2 heteroatoms. The van der Waals surface area contributed by atoms with Gasteiger partial charge >= 0.3 is 0 Å². The fraction of sp³-hybridized carbons (Fsp3) is 0.643. The third-order valence-electron chi connectivity index (χ3n) is 8.02. The van der Waals surface area contributed by atoms with Gasteiger partial charge in [-0.1, -0.05) is 63.8 Å². The van der Waals surface area contributed by atoms with Gasteiger partial charge in [-0.2, -0.15) is 10.2 Å². The molecule has 2 nitrogen and oxygen atoms in total. The molecule has 0 unspecified atom stereocenters. The molecule has 0 atom stereocenters. The van der Waals surface area contributed by atoms with Crippen molar-refractivity contribution in [1.82, 2.24) is 10.2 Å². The number of benzene rings is 1. The molecule has 0 radical (unpaired) electrons. The van der Waals surface area contributed by atoms with Gasteiger partial charge in [-0.3, -0.25) is 0 Å². The van der Waals surface area contributed by atoms with Gasteiger partial charge < -0.3 is 0 Å². The highest BCUT2D eigenvalue weighted by Gasteiger charge is 2.23. The molecule has 30 heavy (non-hydrogen) atoms. The maximum atomic E-state index is 4.62. The predicted octanol–water partition coefficient (Wildman–Crippen LogP) is 8.29. The first-order valence-corrected chi connectivity index (χ1v) is 12.7. The fourth-order valence-electron chi connectivity index (χ4n) is 5.78. The van der Waals surface area contributed by atoms with Gasteiger partial charge in [0, 0.05) is 11.5 Å². The highest BCUT2D eigenvalue weighted by molar-refractivity contribution is 5.59. The molecule has 0 spiro atoms. The molecule has 2 aromatic rings. The predicted molar refractivity (Wildman–Crippen MR) is 127 cm³/mol. The molecule has 0 N–H and O–H groups in total. The largest absolute Gasteiger partial charge is 0.155 e. The van der Waals surface area contributed by atoms with Gasteiger partial charge in [0.2, 0.25) is 0 Å². The van der Waals surface area contributed by atoms with E-state index in [1.54, 1.807) is 0 Å². The van der Waals surface area contributed by atoms with E-state index in [1.165, 1.54) is 93.9 Å². The van der Waals surface area contributed by atoms with Crippen molar-refractivity contribution >= 4 is 0 Å². The average Bonchev–Trinajstić information content (AvgIpc) is 2.83. The molecule has 2 fully saturated rings. The highest BCUT2D eigenvalue weighted by atomic mass is 15.1. The summed E-state index contributed by atoms with van der Waals surface area (Å²) < 4.78 is 0. The minimum Gasteiger partial charge on any atom is -0.155 e. The number of hydrogen-bond acceptors (Lipinski definition) is 2. The number of hydrogen-bond donors (Lipinski definition) is 0. The van der Waals surface area contributed by atoms with Crippen LogP contribution in [0.3, 0.4) is 0 Å². The molecule has 2 aliphatic carbocycles. The molecule has 1 aromatic carbocycles. The molecular weight excluding hydrogens is 364 g/mol. The van der Waals surface area contributed by atoms with E-state index in [0.29, 0.717) is 5.92 Å². The summed E-state index contributed by atoms with van der Waals surface area (Å²) in [5, 5.41) is 9.22. The summed E-state index contributed by atoms with van der Waals surface area (Å²) in [6.45, 7) is 4.63. The second kappa shape index (κ2) is 10.6. The van der Waals surface area contributed by atoms with Crippen molar-refractivity contribution in [1.29, 1.82) is 0 Å². The smallest absolute Gasteiger partial charge is 0.0929 e. The SMILES string of the molecule is CCCC[C@H]1CC[C@H](c2ccc(-c3ccc([C@H]4CC[C@H](CC)CC4)nn3)cc2)CC1. The summed E-state index contributed by atoms with van der Waals surface area (Å²) in [5.41, 5.74) is 4.93. The molecule has 0 bridgehead atoms. The van der Waals surface area contributed by atoms with Crippen LogP contribution >= 0.6 is 0 Å². The Morgan fingerprint density at radius 3 is 1.97 bits per heavy atom. The lowest BCUT2D eigenvalue weighted by molar-refractivity contribution is 0.304. The van der Waals surface area contributed by atoms with Crippen LogP contribution < -0.4 is 0 Å². The van der Waals surface area contributed by atoms with E-state index in [-0.39, 0.29) is 0 Å². The maximum Gasteiger partial charge on any atom is 0.0929 e. The lowest BCUT2D eigenvalue weighted by Gasteiger charge is -2.29. The summed E-state index contributed by atoms with van der Waals surface area (Å²) in [7, 11) is 0. The fourth-order valence-corrected chi connectivity index (χ4v) is 5.78. The summed E-state index contributed by atoms with van der Waals surface area (Å²) in [6.07, 6.45) is 16.3. The van der Waals surface area contributed by atoms with Crippen LogP contribution in [-0.2, 0) is 0 Å². The molecule has 1 aromatic heterocycles. The van der Waals surface area contributed by atoms with E-state index >= 15 is 0 Å². The Bertz CT molecular complexity index is 748. The minimum atomic E-state index is 0.615. The van der Waals surface area contributed by atoms with Gasteiger partial charge in [0.25, 0.3) is 0 Å². The van der Waals surface area contributed by atoms with Crippen molar-refractivity contribution in [3.63, 3.8) is 0 Å². The standard InChI is InChI=1S/C28H40N2/c1-3-5-6-22-9-11-23(12-10-22)24-15-17-26(18-16-24)28-20-19-27(29-30-28)25-13-7-21(4-2)8-14-25/h15-23,25H,3-14H2,1-2H3/t21-,22-,23-,25-. The van der Waals surface area contributed by atoms with Gasteiger partial charge in [0.05, 0.1) is 11.4 Å². The molecule has 0 saturated heterocycles.